The fourth-order valence-corrected chi connectivity index (χ4v) is 4.22. The zero-order valence-corrected chi connectivity index (χ0v) is 20.8. The summed E-state index contributed by atoms with van der Waals surface area (Å²) < 4.78 is 10.6. The number of carbonyl (C=O) groups is 2. The van der Waals surface area contributed by atoms with Crippen LogP contribution in [0.5, 0.6) is 11.5 Å². The van der Waals surface area contributed by atoms with E-state index in [9.17, 15) is 14.7 Å². The van der Waals surface area contributed by atoms with Crippen LogP contribution in [0.2, 0.25) is 0 Å². The van der Waals surface area contributed by atoms with Crippen molar-refractivity contribution in [1.82, 2.24) is 9.80 Å². The van der Waals surface area contributed by atoms with Gasteiger partial charge in [-0.15, -0.1) is 0 Å². The molecule has 1 aliphatic rings. The van der Waals surface area contributed by atoms with E-state index in [1.807, 2.05) is 43.3 Å². The van der Waals surface area contributed by atoms with Gasteiger partial charge in [0.25, 0.3) is 11.7 Å². The molecular formula is C27H34N2O5. The molecule has 0 aromatic heterocycles. The van der Waals surface area contributed by atoms with Crippen LogP contribution in [-0.2, 0) is 9.59 Å². The van der Waals surface area contributed by atoms with Gasteiger partial charge in [0.1, 0.15) is 5.76 Å². The van der Waals surface area contributed by atoms with Crippen LogP contribution in [0.4, 0.5) is 0 Å². The van der Waals surface area contributed by atoms with Crippen LogP contribution in [-0.4, -0.2) is 68.0 Å². The molecule has 3 rings (SSSR count). The third kappa shape index (κ3) is 5.09. The van der Waals surface area contributed by atoms with E-state index in [-0.39, 0.29) is 11.3 Å². The van der Waals surface area contributed by atoms with Crippen LogP contribution >= 0.6 is 0 Å². The van der Waals surface area contributed by atoms with Crippen LogP contribution < -0.4 is 9.47 Å². The first-order valence-electron chi connectivity index (χ1n) is 11.4. The van der Waals surface area contributed by atoms with Gasteiger partial charge in [0.15, 0.2) is 11.5 Å². The minimum atomic E-state index is -0.685. The molecule has 1 fully saturated rings. The largest absolute Gasteiger partial charge is 0.507 e. The van der Waals surface area contributed by atoms with Crippen LogP contribution in [0.1, 0.15) is 48.9 Å². The number of ketones is 1. The number of likely N-dealkylation sites (tertiary alicyclic amines) is 1. The number of methoxy groups -OCH3 is 2. The molecule has 1 N–H and O–H groups in total. The second-order valence-electron chi connectivity index (χ2n) is 9.04. The second-order valence-corrected chi connectivity index (χ2v) is 9.04. The summed E-state index contributed by atoms with van der Waals surface area (Å²) in [5.41, 5.74) is 2.41. The van der Waals surface area contributed by atoms with Gasteiger partial charge in [-0.05, 0) is 62.3 Å². The molecule has 34 heavy (non-hydrogen) atoms. The van der Waals surface area contributed by atoms with Crippen LogP contribution in [0.25, 0.3) is 5.76 Å². The van der Waals surface area contributed by atoms with Gasteiger partial charge in [0, 0.05) is 12.1 Å². The number of Topliss-reactive ketones (excluding diaryl/α,β-unsaturated/α-hetero) is 1. The maximum Gasteiger partial charge on any atom is 0.295 e. The summed E-state index contributed by atoms with van der Waals surface area (Å²) in [5.74, 6) is -0.234. The Morgan fingerprint density at radius 3 is 2.24 bits per heavy atom. The molecule has 1 saturated heterocycles. The molecule has 2 aromatic carbocycles. The summed E-state index contributed by atoms with van der Waals surface area (Å²) in [4.78, 5) is 29.9. The standard InChI is InChI=1S/C27H34N2O5/c1-17(2)18-8-10-19(11-9-18)24-23(26(31)27(32)29(24)15-7-14-28(3)4)25(30)20-12-13-21(33-5)22(16-20)34-6/h8-13,16-17,24,30H,7,14-15H2,1-6H3/t24-/m1/s1. The quantitative estimate of drug-likeness (QED) is 0.339. The van der Waals surface area contributed by atoms with Gasteiger partial charge in [0.05, 0.1) is 25.8 Å². The molecule has 1 amide bonds. The Bertz CT molecular complexity index is 1070. The SMILES string of the molecule is COc1ccc(C(O)=C2C(=O)C(=O)N(CCCN(C)C)[C@@H]2c2ccc(C(C)C)cc2)cc1OC. The maximum atomic E-state index is 13.2. The number of hydrogen-bond acceptors (Lipinski definition) is 6. The smallest absolute Gasteiger partial charge is 0.295 e. The Labute approximate surface area is 201 Å². The molecule has 1 heterocycles. The topological polar surface area (TPSA) is 79.3 Å². The van der Waals surface area contributed by atoms with Gasteiger partial charge in [-0.3, -0.25) is 9.59 Å². The first-order valence-corrected chi connectivity index (χ1v) is 11.4. The van der Waals surface area contributed by atoms with Crippen LogP contribution in [0.3, 0.4) is 0 Å². The summed E-state index contributed by atoms with van der Waals surface area (Å²) in [5, 5.41) is 11.3. The fraction of sp³-hybridized carbons (Fsp3) is 0.407. The van der Waals surface area contributed by atoms with E-state index in [2.05, 4.69) is 13.8 Å². The van der Waals surface area contributed by atoms with Crippen molar-refractivity contribution < 1.29 is 24.2 Å². The van der Waals surface area contributed by atoms with E-state index in [1.54, 1.807) is 23.1 Å². The van der Waals surface area contributed by atoms with Crippen LogP contribution in [0.15, 0.2) is 48.0 Å². The third-order valence-corrected chi connectivity index (χ3v) is 6.12. The number of nitrogens with zero attached hydrogens (tertiary/aromatic N) is 2. The van der Waals surface area contributed by atoms with E-state index in [4.69, 9.17) is 9.47 Å². The molecule has 7 heteroatoms. The average Bonchev–Trinajstić information content (AvgIpc) is 3.07. The van der Waals surface area contributed by atoms with E-state index < -0.39 is 17.7 Å². The summed E-state index contributed by atoms with van der Waals surface area (Å²) in [7, 11) is 6.96. The lowest BCUT2D eigenvalue weighted by atomic mass is 9.93. The first-order chi connectivity index (χ1) is 16.2. The predicted molar refractivity (Wildman–Crippen MR) is 132 cm³/mol. The first kappa shape index (κ1) is 25.3. The molecule has 7 nitrogen and oxygen atoms in total. The summed E-state index contributed by atoms with van der Waals surface area (Å²) in [6.07, 6.45) is 0.705. The minimum Gasteiger partial charge on any atom is -0.507 e. The Morgan fingerprint density at radius 2 is 1.68 bits per heavy atom. The van der Waals surface area contributed by atoms with Crippen molar-refractivity contribution in [2.45, 2.75) is 32.2 Å². The molecule has 0 saturated carbocycles. The van der Waals surface area contributed by atoms with Gasteiger partial charge in [-0.2, -0.15) is 0 Å². The van der Waals surface area contributed by atoms with E-state index >= 15 is 0 Å². The van der Waals surface area contributed by atoms with Gasteiger partial charge in [-0.1, -0.05) is 38.1 Å². The van der Waals surface area contributed by atoms with E-state index in [0.717, 1.165) is 17.7 Å². The number of amides is 1. The molecule has 2 aromatic rings. The lowest BCUT2D eigenvalue weighted by molar-refractivity contribution is -0.139. The highest BCUT2D eigenvalue weighted by molar-refractivity contribution is 6.46. The molecule has 0 bridgehead atoms. The molecule has 1 atom stereocenters. The van der Waals surface area contributed by atoms with Crippen molar-refractivity contribution in [2.24, 2.45) is 0 Å². The molecule has 0 radical (unpaired) electrons. The maximum absolute atomic E-state index is 13.2. The lowest BCUT2D eigenvalue weighted by Gasteiger charge is -2.26. The molecule has 1 aliphatic heterocycles. The van der Waals surface area contributed by atoms with Gasteiger partial charge < -0.3 is 24.4 Å². The Balaban J connectivity index is 2.12. The second kappa shape index (κ2) is 10.7. The monoisotopic (exact) mass is 466 g/mol. The van der Waals surface area contributed by atoms with Crippen molar-refractivity contribution in [3.05, 3.63) is 64.7 Å². The highest BCUT2D eigenvalue weighted by Gasteiger charge is 2.45. The Kier molecular flexibility index (Phi) is 7.99. The van der Waals surface area contributed by atoms with Gasteiger partial charge in [-0.25, -0.2) is 0 Å². The van der Waals surface area contributed by atoms with E-state index in [0.29, 0.717) is 35.9 Å². The van der Waals surface area contributed by atoms with Crippen molar-refractivity contribution >= 4 is 17.4 Å². The highest BCUT2D eigenvalue weighted by atomic mass is 16.5. The number of aliphatic hydroxyl groups excluding tert-OH is 1. The van der Waals surface area contributed by atoms with Crippen molar-refractivity contribution in [1.29, 1.82) is 0 Å². The van der Waals surface area contributed by atoms with Gasteiger partial charge >= 0.3 is 0 Å². The summed E-state index contributed by atoms with van der Waals surface area (Å²) in [6, 6.07) is 12.1. The summed E-state index contributed by atoms with van der Waals surface area (Å²) in [6.45, 7) is 5.40. The lowest BCUT2D eigenvalue weighted by Crippen LogP contribution is -2.32. The van der Waals surface area contributed by atoms with Gasteiger partial charge in [0.2, 0.25) is 0 Å². The molecule has 0 spiro atoms. The minimum absolute atomic E-state index is 0.0827. The Hall–Kier alpha value is -3.32. The number of aliphatic hydroxyl groups is 1. The molecular weight excluding hydrogens is 432 g/mol. The zero-order chi connectivity index (χ0) is 25.0. The third-order valence-electron chi connectivity index (χ3n) is 6.12. The number of benzene rings is 2. The number of hydrogen-bond donors (Lipinski definition) is 1. The van der Waals surface area contributed by atoms with Crippen LogP contribution in [0, 0.1) is 0 Å². The number of carbonyl (C=O) groups excluding carboxylic acids is 2. The van der Waals surface area contributed by atoms with Crippen molar-refractivity contribution in [3.8, 4) is 11.5 Å². The molecule has 182 valence electrons. The molecule has 0 aliphatic carbocycles. The highest BCUT2D eigenvalue weighted by Crippen LogP contribution is 2.41. The number of ether oxygens (including phenoxy) is 2. The number of rotatable bonds is 9. The average molecular weight is 467 g/mol. The van der Waals surface area contributed by atoms with E-state index in [1.165, 1.54) is 14.2 Å². The van der Waals surface area contributed by atoms with Crippen molar-refractivity contribution in [3.63, 3.8) is 0 Å². The predicted octanol–water partition coefficient (Wildman–Crippen LogP) is 4.20. The molecule has 0 unspecified atom stereocenters. The Morgan fingerprint density at radius 1 is 1.03 bits per heavy atom. The fourth-order valence-electron chi connectivity index (χ4n) is 4.22. The zero-order valence-electron chi connectivity index (χ0n) is 20.8. The summed E-state index contributed by atoms with van der Waals surface area (Å²) >= 11 is 0. The van der Waals surface area contributed by atoms with Crippen molar-refractivity contribution in [2.75, 3.05) is 41.4 Å². The normalized spacial score (nSPS) is 17.6.